The van der Waals surface area contributed by atoms with Gasteiger partial charge in [0.05, 0.1) is 6.20 Å². The van der Waals surface area contributed by atoms with Crippen LogP contribution in [0.15, 0.2) is 10.7 Å². The Morgan fingerprint density at radius 3 is 2.82 bits per heavy atom. The molecule has 1 aliphatic rings. The lowest BCUT2D eigenvalue weighted by Gasteiger charge is -1.94. The first kappa shape index (κ1) is 6.88. The van der Waals surface area contributed by atoms with E-state index in [1.807, 2.05) is 0 Å². The average Bonchev–Trinajstić information content (AvgIpc) is 2.68. The van der Waals surface area contributed by atoms with E-state index < -0.39 is 7.12 Å². The van der Waals surface area contributed by atoms with Crippen LogP contribution in [0.5, 0.6) is 0 Å². The second kappa shape index (κ2) is 2.35. The molecule has 11 heavy (non-hydrogen) atoms. The summed E-state index contributed by atoms with van der Waals surface area (Å²) in [5.41, 5.74) is 0.410. The number of aromatic nitrogens is 1. The molecule has 4 nitrogen and oxygen atoms in total. The molecule has 1 fully saturated rings. The maximum absolute atomic E-state index is 8.83. The van der Waals surface area contributed by atoms with Crippen LogP contribution in [0.3, 0.4) is 0 Å². The Kier molecular flexibility index (Phi) is 1.47. The molecule has 2 N–H and O–H groups in total. The lowest BCUT2D eigenvalue weighted by Crippen LogP contribution is -2.31. The van der Waals surface area contributed by atoms with Gasteiger partial charge in [-0.3, -0.25) is 0 Å². The fourth-order valence-corrected chi connectivity index (χ4v) is 1.11. The van der Waals surface area contributed by atoms with Gasteiger partial charge < -0.3 is 14.6 Å². The van der Waals surface area contributed by atoms with Crippen molar-refractivity contribution in [1.29, 1.82) is 0 Å². The van der Waals surface area contributed by atoms with Gasteiger partial charge in [0, 0.05) is 11.4 Å². The van der Waals surface area contributed by atoms with Gasteiger partial charge >= 0.3 is 7.12 Å². The SMILES string of the molecule is OB(O)c1cnoc1C1CC1. The predicted octanol–water partition coefficient (Wildman–Crippen LogP) is -0.768. The van der Waals surface area contributed by atoms with Gasteiger partial charge in [0.15, 0.2) is 0 Å². The van der Waals surface area contributed by atoms with Crippen LogP contribution < -0.4 is 5.46 Å². The molecular formula is C6H8BNO3. The van der Waals surface area contributed by atoms with Gasteiger partial charge in [-0.25, -0.2) is 0 Å². The second-order valence-corrected chi connectivity index (χ2v) is 2.79. The minimum Gasteiger partial charge on any atom is -0.423 e. The summed E-state index contributed by atoms with van der Waals surface area (Å²) in [5.74, 6) is 1.01. The predicted molar refractivity (Wildman–Crippen MR) is 38.3 cm³/mol. The third-order valence-electron chi connectivity index (χ3n) is 1.85. The Labute approximate surface area is 64.0 Å². The molecule has 1 saturated carbocycles. The topological polar surface area (TPSA) is 66.5 Å². The lowest BCUT2D eigenvalue weighted by atomic mass is 9.80. The highest BCUT2D eigenvalue weighted by molar-refractivity contribution is 6.59. The van der Waals surface area contributed by atoms with E-state index in [0.717, 1.165) is 12.8 Å². The van der Waals surface area contributed by atoms with Crippen molar-refractivity contribution >= 4 is 12.6 Å². The number of nitrogens with zero attached hydrogens (tertiary/aromatic N) is 1. The van der Waals surface area contributed by atoms with Crippen LogP contribution in [0.1, 0.15) is 24.5 Å². The summed E-state index contributed by atoms with van der Waals surface area (Å²) in [6, 6.07) is 0. The zero-order valence-corrected chi connectivity index (χ0v) is 5.90. The van der Waals surface area contributed by atoms with E-state index in [-0.39, 0.29) is 0 Å². The van der Waals surface area contributed by atoms with Gasteiger partial charge in [-0.1, -0.05) is 5.16 Å². The second-order valence-electron chi connectivity index (χ2n) is 2.79. The fraction of sp³-hybridized carbons (Fsp3) is 0.500. The highest BCUT2D eigenvalue weighted by Gasteiger charge is 2.33. The highest BCUT2D eigenvalue weighted by Crippen LogP contribution is 2.38. The third-order valence-corrected chi connectivity index (χ3v) is 1.85. The highest BCUT2D eigenvalue weighted by atomic mass is 16.5. The molecule has 0 aliphatic heterocycles. The summed E-state index contributed by atoms with van der Waals surface area (Å²) in [6.07, 6.45) is 3.49. The zero-order chi connectivity index (χ0) is 7.84. The quantitative estimate of drug-likeness (QED) is 0.547. The molecular weight excluding hydrogens is 145 g/mol. The molecule has 0 radical (unpaired) electrons. The Morgan fingerprint density at radius 2 is 2.27 bits per heavy atom. The lowest BCUT2D eigenvalue weighted by molar-refractivity contribution is 0.383. The van der Waals surface area contributed by atoms with Crippen LogP contribution in [0.2, 0.25) is 0 Å². The number of hydrogen-bond acceptors (Lipinski definition) is 4. The van der Waals surface area contributed by atoms with E-state index in [1.54, 1.807) is 0 Å². The van der Waals surface area contributed by atoms with Crippen molar-refractivity contribution in [2.75, 3.05) is 0 Å². The third kappa shape index (κ3) is 1.17. The minimum absolute atomic E-state index is 0.370. The summed E-state index contributed by atoms with van der Waals surface area (Å²) < 4.78 is 4.88. The molecule has 0 aromatic carbocycles. The Hall–Kier alpha value is -0.805. The van der Waals surface area contributed by atoms with Gasteiger partial charge in [0.25, 0.3) is 0 Å². The van der Waals surface area contributed by atoms with Crippen molar-refractivity contribution in [2.24, 2.45) is 0 Å². The van der Waals surface area contributed by atoms with Gasteiger partial charge in [-0.2, -0.15) is 0 Å². The molecule has 1 heterocycles. The van der Waals surface area contributed by atoms with Crippen molar-refractivity contribution in [3.63, 3.8) is 0 Å². The summed E-state index contributed by atoms with van der Waals surface area (Å²) in [6.45, 7) is 0. The zero-order valence-electron chi connectivity index (χ0n) is 5.90. The van der Waals surface area contributed by atoms with Crippen LogP contribution >= 0.6 is 0 Å². The number of rotatable bonds is 2. The van der Waals surface area contributed by atoms with E-state index in [1.165, 1.54) is 6.20 Å². The maximum Gasteiger partial charge on any atom is 0.493 e. The van der Waals surface area contributed by atoms with Crippen LogP contribution in [0.25, 0.3) is 0 Å². The fourth-order valence-electron chi connectivity index (χ4n) is 1.11. The molecule has 0 bridgehead atoms. The first-order valence-electron chi connectivity index (χ1n) is 3.59. The van der Waals surface area contributed by atoms with Crippen molar-refractivity contribution in [3.8, 4) is 0 Å². The van der Waals surface area contributed by atoms with Gasteiger partial charge in [0.1, 0.15) is 5.76 Å². The molecule has 1 aliphatic carbocycles. The van der Waals surface area contributed by atoms with Crippen molar-refractivity contribution < 1.29 is 14.6 Å². The standard InChI is InChI=1S/C6H8BNO3/c9-7(10)5-3-8-11-6(5)4-1-2-4/h3-4,9-10H,1-2H2. The van der Waals surface area contributed by atoms with E-state index in [9.17, 15) is 0 Å². The van der Waals surface area contributed by atoms with Crippen LogP contribution in [0, 0.1) is 0 Å². The minimum atomic E-state index is -1.45. The molecule has 5 heteroatoms. The van der Waals surface area contributed by atoms with Crippen LogP contribution in [-0.4, -0.2) is 22.3 Å². The molecule has 1 aromatic heterocycles. The molecule has 1 aromatic rings. The summed E-state index contributed by atoms with van der Waals surface area (Å²) >= 11 is 0. The monoisotopic (exact) mass is 153 g/mol. The summed E-state index contributed by atoms with van der Waals surface area (Å²) in [5, 5.41) is 21.2. The van der Waals surface area contributed by atoms with Gasteiger partial charge in [-0.15, -0.1) is 0 Å². The number of hydrogen-bond donors (Lipinski definition) is 2. The Balaban J connectivity index is 2.30. The maximum atomic E-state index is 8.83. The van der Waals surface area contributed by atoms with Crippen molar-refractivity contribution in [3.05, 3.63) is 12.0 Å². The van der Waals surface area contributed by atoms with E-state index in [2.05, 4.69) is 5.16 Å². The largest absolute Gasteiger partial charge is 0.493 e. The van der Waals surface area contributed by atoms with Crippen molar-refractivity contribution in [1.82, 2.24) is 5.16 Å². The molecule has 0 saturated heterocycles. The van der Waals surface area contributed by atoms with E-state index in [4.69, 9.17) is 14.6 Å². The van der Waals surface area contributed by atoms with Crippen molar-refractivity contribution in [2.45, 2.75) is 18.8 Å². The molecule has 58 valence electrons. The van der Waals surface area contributed by atoms with Gasteiger partial charge in [-0.05, 0) is 12.8 Å². The first-order chi connectivity index (χ1) is 5.29. The van der Waals surface area contributed by atoms with E-state index in [0.29, 0.717) is 17.1 Å². The molecule has 0 spiro atoms. The van der Waals surface area contributed by atoms with Gasteiger partial charge in [0.2, 0.25) is 0 Å². The first-order valence-corrected chi connectivity index (χ1v) is 3.59. The summed E-state index contributed by atoms with van der Waals surface area (Å²) in [4.78, 5) is 0. The normalized spacial score (nSPS) is 16.9. The Morgan fingerprint density at radius 1 is 1.55 bits per heavy atom. The van der Waals surface area contributed by atoms with Crippen LogP contribution in [-0.2, 0) is 0 Å². The average molecular weight is 153 g/mol. The Bertz CT molecular complexity index is 240. The molecule has 0 atom stereocenters. The smallest absolute Gasteiger partial charge is 0.423 e. The molecule has 0 unspecified atom stereocenters. The van der Waals surface area contributed by atoms with Crippen LogP contribution in [0.4, 0.5) is 0 Å². The van der Waals surface area contributed by atoms with E-state index >= 15 is 0 Å². The molecule has 0 amide bonds. The summed E-state index contributed by atoms with van der Waals surface area (Å²) in [7, 11) is -1.45. The molecule has 2 rings (SSSR count).